The summed E-state index contributed by atoms with van der Waals surface area (Å²) >= 11 is 0. The second-order valence-corrected chi connectivity index (χ2v) is 7.27. The van der Waals surface area contributed by atoms with Crippen LogP contribution in [0.1, 0.15) is 39.2 Å². The van der Waals surface area contributed by atoms with Gasteiger partial charge in [-0.3, -0.25) is 4.79 Å². The van der Waals surface area contributed by atoms with Gasteiger partial charge in [0.2, 0.25) is 0 Å². The number of rotatable bonds is 6. The summed E-state index contributed by atoms with van der Waals surface area (Å²) in [6, 6.07) is 9.52. The fourth-order valence-electron chi connectivity index (χ4n) is 1.27. The third-order valence-corrected chi connectivity index (χ3v) is 3.80. The number of carbonyl (C=O) groups excluding carboxylic acids is 1. The number of esters is 1. The normalized spacial score (nSPS) is 13.3. The highest BCUT2D eigenvalue weighted by molar-refractivity contribution is 7.85. The number of benzene rings is 1. The third-order valence-electron chi connectivity index (χ3n) is 2.41. The van der Waals surface area contributed by atoms with Crippen LogP contribution in [0.15, 0.2) is 34.7 Å². The maximum Gasteiger partial charge on any atom is 0.306 e. The summed E-state index contributed by atoms with van der Waals surface area (Å²) in [6.45, 7) is 5.85. The van der Waals surface area contributed by atoms with Gasteiger partial charge in [-0.1, -0.05) is 30.3 Å². The van der Waals surface area contributed by atoms with Crippen LogP contribution in [0.25, 0.3) is 0 Å². The zero-order chi connectivity index (χ0) is 15.0. The molecule has 0 unspecified atom stereocenters. The Labute approximate surface area is 122 Å². The molecule has 1 aromatic carbocycles. The molecule has 1 rings (SSSR count). The Morgan fingerprint density at radius 2 is 1.95 bits per heavy atom. The first-order valence-corrected chi connectivity index (χ1v) is 7.64. The van der Waals surface area contributed by atoms with Gasteiger partial charge in [0.15, 0.2) is 0 Å². The Hall–Kier alpha value is -1.49. The molecule has 0 aliphatic heterocycles. The Morgan fingerprint density at radius 1 is 1.30 bits per heavy atom. The Bertz CT molecular complexity index is 478. The zero-order valence-electron chi connectivity index (χ0n) is 12.2. The molecule has 0 radical (unpaired) electrons. The maximum absolute atomic E-state index is 11.6. The molecule has 110 valence electrons. The minimum absolute atomic E-state index is 0.248. The van der Waals surface area contributed by atoms with Crippen LogP contribution in [0.5, 0.6) is 0 Å². The van der Waals surface area contributed by atoms with Crippen LogP contribution < -0.4 is 0 Å². The van der Waals surface area contributed by atoms with E-state index in [0.29, 0.717) is 6.42 Å². The van der Waals surface area contributed by atoms with Gasteiger partial charge in [-0.2, -0.15) is 4.40 Å². The summed E-state index contributed by atoms with van der Waals surface area (Å²) in [6.07, 6.45) is 2.22. The van der Waals surface area contributed by atoms with E-state index in [1.54, 1.807) is 0 Å². The van der Waals surface area contributed by atoms with E-state index in [-0.39, 0.29) is 23.7 Å². The van der Waals surface area contributed by atoms with Crippen LogP contribution in [-0.2, 0) is 27.1 Å². The van der Waals surface area contributed by atoms with Crippen molar-refractivity contribution in [1.82, 2.24) is 0 Å². The van der Waals surface area contributed by atoms with Crippen LogP contribution in [0.2, 0.25) is 0 Å². The van der Waals surface area contributed by atoms with E-state index in [1.807, 2.05) is 51.1 Å². The number of carbonyl (C=O) groups is 1. The minimum atomic E-state index is -1.27. The molecule has 0 amide bonds. The highest BCUT2D eigenvalue weighted by Crippen LogP contribution is 2.11. The van der Waals surface area contributed by atoms with Gasteiger partial charge in [-0.15, -0.1) is 0 Å². The van der Waals surface area contributed by atoms with Crippen molar-refractivity contribution in [1.29, 1.82) is 0 Å². The number of hydrogen-bond acceptors (Lipinski definition) is 3. The lowest BCUT2D eigenvalue weighted by Crippen LogP contribution is -2.19. The third kappa shape index (κ3) is 6.61. The lowest BCUT2D eigenvalue weighted by molar-refractivity contribution is -0.144. The van der Waals surface area contributed by atoms with Gasteiger partial charge in [0.1, 0.15) is 17.6 Å². The van der Waals surface area contributed by atoms with Crippen LogP contribution in [0, 0.1) is 0 Å². The number of hydrogen-bond donors (Lipinski definition) is 0. The van der Waals surface area contributed by atoms with Crippen LogP contribution in [0.4, 0.5) is 0 Å². The first-order valence-electron chi connectivity index (χ1n) is 6.53. The molecule has 0 N–H and O–H groups in total. The van der Waals surface area contributed by atoms with Gasteiger partial charge >= 0.3 is 5.97 Å². The molecule has 0 aromatic heterocycles. The standard InChI is InChI=1S/C15H21NO3S/c1-15(2,3)20(18)16-11-7-10-14(17)19-12-13-8-5-4-6-9-13/h4-6,8-9,11H,7,10,12H2,1-3H3/b16-11+/t20-/m1/s1. The van der Waals surface area contributed by atoms with E-state index in [9.17, 15) is 9.00 Å². The Balaban J connectivity index is 2.24. The fourth-order valence-corrected chi connectivity index (χ4v) is 1.83. The molecule has 20 heavy (non-hydrogen) atoms. The van der Waals surface area contributed by atoms with E-state index in [1.165, 1.54) is 6.21 Å². The number of nitrogens with zero attached hydrogens (tertiary/aromatic N) is 1. The van der Waals surface area contributed by atoms with Crippen molar-refractivity contribution < 1.29 is 13.7 Å². The molecule has 1 atom stereocenters. The van der Waals surface area contributed by atoms with Gasteiger partial charge in [0.05, 0.1) is 11.2 Å². The van der Waals surface area contributed by atoms with E-state index >= 15 is 0 Å². The van der Waals surface area contributed by atoms with E-state index in [4.69, 9.17) is 4.74 Å². The topological polar surface area (TPSA) is 55.7 Å². The molecule has 0 fully saturated rings. The summed E-state index contributed by atoms with van der Waals surface area (Å²) in [4.78, 5) is 11.5. The predicted octanol–water partition coefficient (Wildman–Crippen LogP) is 3.04. The molecular formula is C15H21NO3S. The molecule has 0 saturated carbocycles. The SMILES string of the molecule is CC(C)(C)[S@@](=O)/N=C/CCC(=O)OCc1ccccc1. The van der Waals surface area contributed by atoms with Gasteiger partial charge in [0, 0.05) is 6.21 Å². The molecule has 0 spiro atoms. The quantitative estimate of drug-likeness (QED) is 0.598. The zero-order valence-corrected chi connectivity index (χ0v) is 13.0. The van der Waals surface area contributed by atoms with Crippen molar-refractivity contribution in [2.75, 3.05) is 0 Å². The summed E-state index contributed by atoms with van der Waals surface area (Å²) in [5.74, 6) is -0.276. The van der Waals surface area contributed by atoms with Crippen molar-refractivity contribution in [3.8, 4) is 0 Å². The largest absolute Gasteiger partial charge is 0.461 e. The molecule has 0 heterocycles. The van der Waals surface area contributed by atoms with Crippen molar-refractivity contribution in [3.05, 3.63) is 35.9 Å². The van der Waals surface area contributed by atoms with Gasteiger partial charge < -0.3 is 4.74 Å². The lowest BCUT2D eigenvalue weighted by Gasteiger charge is -2.12. The Kier molecular flexibility index (Phi) is 6.58. The van der Waals surface area contributed by atoms with Crippen LogP contribution >= 0.6 is 0 Å². The lowest BCUT2D eigenvalue weighted by atomic mass is 10.2. The molecule has 0 bridgehead atoms. The Morgan fingerprint density at radius 3 is 2.55 bits per heavy atom. The van der Waals surface area contributed by atoms with Crippen LogP contribution in [-0.4, -0.2) is 21.1 Å². The van der Waals surface area contributed by atoms with Crippen molar-refractivity contribution in [2.24, 2.45) is 4.40 Å². The summed E-state index contributed by atoms with van der Waals surface area (Å²) < 4.78 is 20.3. The highest BCUT2D eigenvalue weighted by atomic mass is 32.2. The second-order valence-electron chi connectivity index (χ2n) is 5.33. The molecule has 1 aromatic rings. The first-order chi connectivity index (χ1) is 9.39. The van der Waals surface area contributed by atoms with E-state index in [2.05, 4.69) is 4.40 Å². The molecule has 0 aliphatic rings. The van der Waals surface area contributed by atoms with E-state index in [0.717, 1.165) is 5.56 Å². The fraction of sp³-hybridized carbons (Fsp3) is 0.467. The average molecular weight is 295 g/mol. The summed E-state index contributed by atoms with van der Waals surface area (Å²) in [7, 11) is -1.27. The van der Waals surface area contributed by atoms with Crippen molar-refractivity contribution in [3.63, 3.8) is 0 Å². The highest BCUT2D eigenvalue weighted by Gasteiger charge is 2.17. The monoisotopic (exact) mass is 295 g/mol. The molecule has 0 saturated heterocycles. The molecule has 5 heteroatoms. The maximum atomic E-state index is 11.6. The predicted molar refractivity (Wildman–Crippen MR) is 81.9 cm³/mol. The average Bonchev–Trinajstić information content (AvgIpc) is 2.41. The summed E-state index contributed by atoms with van der Waals surface area (Å²) in [5, 5.41) is 0. The van der Waals surface area contributed by atoms with Gasteiger partial charge in [-0.05, 0) is 32.8 Å². The molecular weight excluding hydrogens is 274 g/mol. The number of ether oxygens (including phenoxy) is 1. The second kappa shape index (κ2) is 7.94. The molecule has 0 aliphatic carbocycles. The first kappa shape index (κ1) is 16.6. The van der Waals surface area contributed by atoms with Crippen molar-refractivity contribution >= 4 is 23.2 Å². The van der Waals surface area contributed by atoms with Gasteiger partial charge in [0.25, 0.3) is 0 Å². The van der Waals surface area contributed by atoms with Gasteiger partial charge in [-0.25, -0.2) is 4.21 Å². The van der Waals surface area contributed by atoms with Crippen LogP contribution in [0.3, 0.4) is 0 Å². The summed E-state index contributed by atoms with van der Waals surface area (Å²) in [5.41, 5.74) is 0.961. The molecule has 4 nitrogen and oxygen atoms in total. The smallest absolute Gasteiger partial charge is 0.306 e. The van der Waals surface area contributed by atoms with Crippen molar-refractivity contribution in [2.45, 2.75) is 45.0 Å². The van der Waals surface area contributed by atoms with E-state index < -0.39 is 11.0 Å². The minimum Gasteiger partial charge on any atom is -0.461 e.